The molecule has 2 heterocycles. The minimum atomic E-state index is -3.21. The van der Waals surface area contributed by atoms with Gasteiger partial charge in [-0.15, -0.1) is 11.3 Å². The zero-order valence-corrected chi connectivity index (χ0v) is 13.1. The first kappa shape index (κ1) is 13.8. The van der Waals surface area contributed by atoms with Gasteiger partial charge in [0, 0.05) is 18.8 Å². The molecule has 0 amide bonds. The van der Waals surface area contributed by atoms with Crippen molar-refractivity contribution in [3.63, 3.8) is 0 Å². The highest BCUT2D eigenvalue weighted by molar-refractivity contribution is 7.93. The largest absolute Gasteiger partial charge is 0.371 e. The van der Waals surface area contributed by atoms with E-state index < -0.39 is 9.84 Å². The van der Waals surface area contributed by atoms with E-state index in [1.165, 1.54) is 29.9 Å². The number of rotatable bonds is 4. The second kappa shape index (κ2) is 5.33. The Hall–Kier alpha value is -1.14. The molecule has 0 bridgehead atoms. The summed E-state index contributed by atoms with van der Waals surface area (Å²) >= 11 is 1.29. The Morgan fingerprint density at radius 1 is 1.30 bits per heavy atom. The van der Waals surface area contributed by atoms with Crippen molar-refractivity contribution in [3.8, 4) is 0 Å². The van der Waals surface area contributed by atoms with Crippen LogP contribution in [0.1, 0.15) is 26.2 Å². The Bertz CT molecular complexity index is 716. The lowest BCUT2D eigenvalue weighted by atomic mass is 10.3. The molecule has 4 nitrogen and oxygen atoms in total. The first-order chi connectivity index (χ1) is 9.60. The van der Waals surface area contributed by atoms with Crippen LogP contribution in [0.5, 0.6) is 0 Å². The molecule has 0 spiro atoms. The highest BCUT2D eigenvalue weighted by Gasteiger charge is 2.19. The SMILES string of the molecule is CCCS(=O)(=O)c1nc2ccc(N3CCCC3)cc2s1. The van der Waals surface area contributed by atoms with Gasteiger partial charge in [-0.2, -0.15) is 0 Å². The minimum Gasteiger partial charge on any atom is -0.371 e. The van der Waals surface area contributed by atoms with Crippen molar-refractivity contribution in [2.75, 3.05) is 23.7 Å². The number of benzene rings is 1. The van der Waals surface area contributed by atoms with Gasteiger partial charge in [0.2, 0.25) is 14.2 Å². The van der Waals surface area contributed by atoms with E-state index in [-0.39, 0.29) is 10.1 Å². The van der Waals surface area contributed by atoms with Gasteiger partial charge in [-0.1, -0.05) is 6.92 Å². The lowest BCUT2D eigenvalue weighted by Gasteiger charge is -2.16. The zero-order chi connectivity index (χ0) is 14.2. The van der Waals surface area contributed by atoms with Crippen LogP contribution in [-0.2, 0) is 9.84 Å². The van der Waals surface area contributed by atoms with Gasteiger partial charge < -0.3 is 4.90 Å². The summed E-state index contributed by atoms with van der Waals surface area (Å²) in [4.78, 5) is 6.63. The van der Waals surface area contributed by atoms with Gasteiger partial charge in [-0.05, 0) is 37.5 Å². The Morgan fingerprint density at radius 2 is 2.05 bits per heavy atom. The molecule has 0 radical (unpaired) electrons. The smallest absolute Gasteiger partial charge is 0.210 e. The summed E-state index contributed by atoms with van der Waals surface area (Å²) in [6.07, 6.45) is 3.09. The van der Waals surface area contributed by atoms with Crippen LogP contribution in [0.25, 0.3) is 10.2 Å². The van der Waals surface area contributed by atoms with Crippen LogP contribution in [0.15, 0.2) is 22.5 Å². The summed E-state index contributed by atoms with van der Waals surface area (Å²) in [5, 5.41) is 0. The second-order valence-electron chi connectivity index (χ2n) is 5.14. The van der Waals surface area contributed by atoms with E-state index >= 15 is 0 Å². The second-order valence-corrected chi connectivity index (χ2v) is 8.46. The monoisotopic (exact) mass is 310 g/mol. The number of aromatic nitrogens is 1. The quantitative estimate of drug-likeness (QED) is 0.871. The predicted octanol–water partition coefficient (Wildman–Crippen LogP) is 3.08. The van der Waals surface area contributed by atoms with Crippen molar-refractivity contribution in [2.45, 2.75) is 30.5 Å². The molecule has 20 heavy (non-hydrogen) atoms. The standard InChI is InChI=1S/C14H18N2O2S2/c1-2-9-20(17,18)14-15-12-6-5-11(10-13(12)19-14)16-7-3-4-8-16/h5-6,10H,2-4,7-9H2,1H3. The zero-order valence-electron chi connectivity index (χ0n) is 11.5. The number of fused-ring (bicyclic) bond motifs is 1. The van der Waals surface area contributed by atoms with Crippen molar-refractivity contribution in [1.82, 2.24) is 4.98 Å². The topological polar surface area (TPSA) is 50.3 Å². The maximum absolute atomic E-state index is 12.1. The van der Waals surface area contributed by atoms with Crippen molar-refractivity contribution in [1.29, 1.82) is 0 Å². The molecule has 0 aliphatic carbocycles. The molecule has 108 valence electrons. The maximum atomic E-state index is 12.1. The molecule has 1 aromatic heterocycles. The highest BCUT2D eigenvalue weighted by atomic mass is 32.2. The third kappa shape index (κ3) is 2.54. The number of hydrogen-bond acceptors (Lipinski definition) is 5. The fourth-order valence-electron chi connectivity index (χ4n) is 2.55. The summed E-state index contributed by atoms with van der Waals surface area (Å²) in [7, 11) is -3.21. The first-order valence-corrected chi connectivity index (χ1v) is 9.45. The molecular weight excluding hydrogens is 292 g/mol. The van der Waals surface area contributed by atoms with Gasteiger partial charge in [-0.3, -0.25) is 0 Å². The molecule has 0 atom stereocenters. The Labute approximate surface area is 123 Å². The van der Waals surface area contributed by atoms with Crippen LogP contribution in [0.3, 0.4) is 0 Å². The number of hydrogen-bond donors (Lipinski definition) is 0. The molecule has 0 unspecified atom stereocenters. The molecule has 1 fully saturated rings. The molecule has 1 saturated heterocycles. The first-order valence-electron chi connectivity index (χ1n) is 6.98. The van der Waals surface area contributed by atoms with Crippen LogP contribution in [-0.4, -0.2) is 32.2 Å². The van der Waals surface area contributed by atoms with Crippen LogP contribution in [0.2, 0.25) is 0 Å². The number of anilines is 1. The molecule has 3 rings (SSSR count). The number of sulfone groups is 1. The van der Waals surface area contributed by atoms with Crippen LogP contribution >= 0.6 is 11.3 Å². The molecule has 1 aliphatic rings. The van der Waals surface area contributed by atoms with E-state index in [1.807, 2.05) is 19.1 Å². The summed E-state index contributed by atoms with van der Waals surface area (Å²) in [6.45, 7) is 4.05. The highest BCUT2D eigenvalue weighted by Crippen LogP contribution is 2.31. The average molecular weight is 310 g/mol. The van der Waals surface area contributed by atoms with E-state index in [2.05, 4.69) is 16.0 Å². The van der Waals surface area contributed by atoms with E-state index in [0.717, 1.165) is 23.3 Å². The van der Waals surface area contributed by atoms with Gasteiger partial charge in [-0.25, -0.2) is 13.4 Å². The Kier molecular flexibility index (Phi) is 3.69. The minimum absolute atomic E-state index is 0.172. The molecule has 0 saturated carbocycles. The predicted molar refractivity (Wildman–Crippen MR) is 83.4 cm³/mol. The van der Waals surface area contributed by atoms with Crippen molar-refractivity contribution < 1.29 is 8.42 Å². The van der Waals surface area contributed by atoms with E-state index in [9.17, 15) is 8.42 Å². The van der Waals surface area contributed by atoms with Gasteiger partial charge in [0.1, 0.15) is 0 Å². The Morgan fingerprint density at radius 3 is 2.75 bits per heavy atom. The molecule has 6 heteroatoms. The van der Waals surface area contributed by atoms with Gasteiger partial charge in [0.15, 0.2) is 0 Å². The third-order valence-corrected chi connectivity index (χ3v) is 6.96. The fraction of sp³-hybridized carbons (Fsp3) is 0.500. The molecular formula is C14H18N2O2S2. The lowest BCUT2D eigenvalue weighted by molar-refractivity contribution is 0.594. The molecule has 0 N–H and O–H groups in total. The summed E-state index contributed by atoms with van der Waals surface area (Å²) in [6, 6.07) is 6.05. The van der Waals surface area contributed by atoms with E-state index in [0.29, 0.717) is 6.42 Å². The van der Waals surface area contributed by atoms with E-state index in [1.54, 1.807) is 0 Å². The number of nitrogens with zero attached hydrogens (tertiary/aromatic N) is 2. The lowest BCUT2D eigenvalue weighted by Crippen LogP contribution is -2.17. The molecule has 1 aliphatic heterocycles. The normalized spacial score (nSPS) is 16.1. The van der Waals surface area contributed by atoms with Crippen LogP contribution in [0.4, 0.5) is 5.69 Å². The van der Waals surface area contributed by atoms with Gasteiger partial charge in [0.25, 0.3) is 0 Å². The third-order valence-electron chi connectivity index (χ3n) is 3.56. The van der Waals surface area contributed by atoms with Crippen LogP contribution in [0, 0.1) is 0 Å². The fourth-order valence-corrected chi connectivity index (χ4v) is 5.26. The maximum Gasteiger partial charge on any atom is 0.210 e. The van der Waals surface area contributed by atoms with Crippen LogP contribution < -0.4 is 4.90 Å². The van der Waals surface area contributed by atoms with E-state index in [4.69, 9.17) is 0 Å². The van der Waals surface area contributed by atoms with Gasteiger partial charge >= 0.3 is 0 Å². The summed E-state index contributed by atoms with van der Waals surface area (Å²) in [5.41, 5.74) is 1.96. The molecule has 1 aromatic carbocycles. The van der Waals surface area contributed by atoms with Crippen molar-refractivity contribution in [2.24, 2.45) is 0 Å². The van der Waals surface area contributed by atoms with Crippen molar-refractivity contribution >= 4 is 37.1 Å². The summed E-state index contributed by atoms with van der Waals surface area (Å²) in [5.74, 6) is 0.172. The molecule has 2 aromatic rings. The van der Waals surface area contributed by atoms with Gasteiger partial charge in [0.05, 0.1) is 16.0 Å². The average Bonchev–Trinajstić information content (AvgIpc) is 3.07. The summed E-state index contributed by atoms with van der Waals surface area (Å²) < 4.78 is 25.4. The number of thiazole rings is 1. The Balaban J connectivity index is 1.99. The van der Waals surface area contributed by atoms with Crippen molar-refractivity contribution in [3.05, 3.63) is 18.2 Å².